The molecule has 0 saturated carbocycles. The second-order valence-corrected chi connectivity index (χ2v) is 5.98. The molecule has 1 unspecified atom stereocenters. The summed E-state index contributed by atoms with van der Waals surface area (Å²) >= 11 is 0. The first-order chi connectivity index (χ1) is 11.1. The van der Waals surface area contributed by atoms with Gasteiger partial charge >= 0.3 is 0 Å². The highest BCUT2D eigenvalue weighted by Crippen LogP contribution is 2.13. The van der Waals surface area contributed by atoms with Crippen LogP contribution in [0.3, 0.4) is 0 Å². The van der Waals surface area contributed by atoms with Gasteiger partial charge in [0.2, 0.25) is 5.91 Å². The Morgan fingerprint density at radius 3 is 3.22 bits per heavy atom. The number of β-amino-alcohol motifs (C(OH)–C–C–N with tert-alkyl or cyclic N) is 1. The Kier molecular flexibility index (Phi) is 4.88. The lowest BCUT2D eigenvalue weighted by Crippen LogP contribution is -2.44. The van der Waals surface area contributed by atoms with Crippen LogP contribution in [-0.4, -0.2) is 58.2 Å². The van der Waals surface area contributed by atoms with Gasteiger partial charge < -0.3 is 15.4 Å². The average molecular weight is 320 g/mol. The van der Waals surface area contributed by atoms with Crippen LogP contribution >= 0.6 is 0 Å². The molecule has 1 atom stereocenters. The molecule has 0 aliphatic carbocycles. The van der Waals surface area contributed by atoms with E-state index in [0.29, 0.717) is 31.6 Å². The average Bonchev–Trinajstić information content (AvgIpc) is 2.89. The summed E-state index contributed by atoms with van der Waals surface area (Å²) in [6.07, 6.45) is 1.96. The molecular weight excluding hydrogens is 299 g/mol. The maximum atomic E-state index is 13.1. The van der Waals surface area contributed by atoms with Crippen LogP contribution in [0.4, 0.5) is 4.39 Å². The van der Waals surface area contributed by atoms with Crippen LogP contribution in [0, 0.1) is 5.82 Å². The van der Waals surface area contributed by atoms with E-state index in [2.05, 4.69) is 15.3 Å². The molecule has 1 aliphatic heterocycles. The fraction of sp³-hybridized carbons (Fsp3) is 0.500. The molecule has 1 aromatic carbocycles. The smallest absolute Gasteiger partial charge is 0.234 e. The zero-order valence-electron chi connectivity index (χ0n) is 12.9. The molecule has 0 bridgehead atoms. The minimum absolute atomic E-state index is 0.0544. The highest BCUT2D eigenvalue weighted by molar-refractivity contribution is 5.78. The zero-order chi connectivity index (χ0) is 16.2. The van der Waals surface area contributed by atoms with Gasteiger partial charge in [0.25, 0.3) is 0 Å². The van der Waals surface area contributed by atoms with Gasteiger partial charge in [0, 0.05) is 19.5 Å². The van der Waals surface area contributed by atoms with Crippen LogP contribution in [0.15, 0.2) is 18.2 Å². The Labute approximate surface area is 133 Å². The van der Waals surface area contributed by atoms with Crippen molar-refractivity contribution >= 4 is 16.9 Å². The highest BCUT2D eigenvalue weighted by atomic mass is 19.1. The number of aromatic amines is 1. The lowest BCUT2D eigenvalue weighted by molar-refractivity contribution is -0.122. The van der Waals surface area contributed by atoms with E-state index in [-0.39, 0.29) is 17.8 Å². The van der Waals surface area contributed by atoms with E-state index in [0.717, 1.165) is 30.7 Å². The summed E-state index contributed by atoms with van der Waals surface area (Å²) in [7, 11) is 0. The number of aromatic nitrogens is 2. The molecule has 6 nitrogen and oxygen atoms in total. The van der Waals surface area contributed by atoms with Gasteiger partial charge in [-0.25, -0.2) is 9.37 Å². The number of H-pyrrole nitrogens is 1. The third-order valence-corrected chi connectivity index (χ3v) is 4.02. The fourth-order valence-corrected chi connectivity index (χ4v) is 2.91. The van der Waals surface area contributed by atoms with Crippen molar-refractivity contribution in [1.82, 2.24) is 20.2 Å². The van der Waals surface area contributed by atoms with E-state index in [9.17, 15) is 14.3 Å². The molecule has 1 amide bonds. The van der Waals surface area contributed by atoms with Crippen LogP contribution in [0.1, 0.15) is 18.7 Å². The molecular formula is C16H21FN4O2. The number of imidazole rings is 1. The summed E-state index contributed by atoms with van der Waals surface area (Å²) in [6.45, 7) is 2.18. The van der Waals surface area contributed by atoms with Gasteiger partial charge in [0.15, 0.2) is 0 Å². The number of aliphatic hydroxyl groups excluding tert-OH is 1. The Hall–Kier alpha value is -1.99. The molecule has 23 heavy (non-hydrogen) atoms. The van der Waals surface area contributed by atoms with E-state index in [1.165, 1.54) is 12.1 Å². The number of carbonyl (C=O) groups excluding carboxylic acids is 1. The molecule has 2 aromatic rings. The van der Waals surface area contributed by atoms with Crippen molar-refractivity contribution in [2.24, 2.45) is 0 Å². The monoisotopic (exact) mass is 320 g/mol. The van der Waals surface area contributed by atoms with Crippen LogP contribution in [-0.2, 0) is 11.2 Å². The van der Waals surface area contributed by atoms with Crippen molar-refractivity contribution < 1.29 is 14.3 Å². The molecule has 7 heteroatoms. The predicted molar refractivity (Wildman–Crippen MR) is 84.4 cm³/mol. The van der Waals surface area contributed by atoms with Crippen molar-refractivity contribution in [3.05, 3.63) is 29.8 Å². The largest absolute Gasteiger partial charge is 0.392 e. The summed E-state index contributed by atoms with van der Waals surface area (Å²) in [6, 6.07) is 4.42. The van der Waals surface area contributed by atoms with Crippen molar-refractivity contribution in [2.75, 3.05) is 26.2 Å². The number of aliphatic hydroxyl groups is 1. The molecule has 3 rings (SSSR count). The van der Waals surface area contributed by atoms with Gasteiger partial charge in [-0.05, 0) is 37.6 Å². The fourth-order valence-electron chi connectivity index (χ4n) is 2.91. The van der Waals surface area contributed by atoms with E-state index < -0.39 is 0 Å². The van der Waals surface area contributed by atoms with Crippen LogP contribution in [0.5, 0.6) is 0 Å². The molecule has 0 radical (unpaired) electrons. The number of nitrogens with zero attached hydrogens (tertiary/aromatic N) is 2. The predicted octanol–water partition coefficient (Wildman–Crippen LogP) is 0.817. The number of rotatable bonds is 5. The Morgan fingerprint density at radius 1 is 1.52 bits per heavy atom. The summed E-state index contributed by atoms with van der Waals surface area (Å²) in [5, 5.41) is 12.4. The summed E-state index contributed by atoms with van der Waals surface area (Å²) in [5.41, 5.74) is 1.38. The number of carbonyl (C=O) groups is 1. The first-order valence-corrected chi connectivity index (χ1v) is 7.91. The Bertz CT molecular complexity index is 688. The number of halogens is 1. The van der Waals surface area contributed by atoms with Gasteiger partial charge in [0.05, 0.1) is 23.7 Å². The Balaban J connectivity index is 1.45. The number of benzene rings is 1. The number of nitrogens with one attached hydrogen (secondary N) is 2. The second-order valence-electron chi connectivity index (χ2n) is 5.98. The molecule has 1 aromatic heterocycles. The number of hydrogen-bond donors (Lipinski definition) is 3. The van der Waals surface area contributed by atoms with Gasteiger partial charge in [-0.2, -0.15) is 0 Å². The van der Waals surface area contributed by atoms with E-state index in [1.54, 1.807) is 6.07 Å². The minimum atomic E-state index is -0.326. The van der Waals surface area contributed by atoms with E-state index in [1.807, 2.05) is 4.90 Å². The van der Waals surface area contributed by atoms with Crippen LogP contribution in [0.25, 0.3) is 11.0 Å². The third kappa shape index (κ3) is 4.27. The van der Waals surface area contributed by atoms with Crippen LogP contribution < -0.4 is 5.32 Å². The molecule has 0 spiro atoms. The van der Waals surface area contributed by atoms with Gasteiger partial charge in [-0.15, -0.1) is 0 Å². The van der Waals surface area contributed by atoms with Crippen LogP contribution in [0.2, 0.25) is 0 Å². The highest BCUT2D eigenvalue weighted by Gasteiger charge is 2.19. The molecule has 1 saturated heterocycles. The number of amides is 1. The molecule has 3 N–H and O–H groups in total. The SMILES string of the molecule is O=C(CN1CCCC(O)C1)NCCc1nc2ccc(F)cc2[nH]1. The van der Waals surface area contributed by atoms with Gasteiger partial charge in [-0.3, -0.25) is 9.69 Å². The quantitative estimate of drug-likeness (QED) is 0.762. The number of piperidine rings is 1. The maximum absolute atomic E-state index is 13.1. The van der Waals surface area contributed by atoms with E-state index in [4.69, 9.17) is 0 Å². The Morgan fingerprint density at radius 2 is 2.39 bits per heavy atom. The number of fused-ring (bicyclic) bond motifs is 1. The molecule has 1 fully saturated rings. The lowest BCUT2D eigenvalue weighted by atomic mass is 10.1. The van der Waals surface area contributed by atoms with Crippen molar-refractivity contribution in [3.8, 4) is 0 Å². The first-order valence-electron chi connectivity index (χ1n) is 7.91. The third-order valence-electron chi connectivity index (χ3n) is 4.02. The maximum Gasteiger partial charge on any atom is 0.234 e. The minimum Gasteiger partial charge on any atom is -0.392 e. The topological polar surface area (TPSA) is 81.2 Å². The van der Waals surface area contributed by atoms with Crippen molar-refractivity contribution in [1.29, 1.82) is 0 Å². The van der Waals surface area contributed by atoms with Gasteiger partial charge in [-0.1, -0.05) is 0 Å². The lowest BCUT2D eigenvalue weighted by Gasteiger charge is -2.29. The van der Waals surface area contributed by atoms with E-state index >= 15 is 0 Å². The number of hydrogen-bond acceptors (Lipinski definition) is 4. The normalized spacial score (nSPS) is 19.1. The summed E-state index contributed by atoms with van der Waals surface area (Å²) in [4.78, 5) is 21.3. The summed E-state index contributed by atoms with van der Waals surface area (Å²) in [5.74, 6) is 0.366. The second kappa shape index (κ2) is 7.06. The molecule has 2 heterocycles. The van der Waals surface area contributed by atoms with Gasteiger partial charge in [0.1, 0.15) is 11.6 Å². The zero-order valence-corrected chi connectivity index (χ0v) is 12.9. The summed E-state index contributed by atoms with van der Waals surface area (Å²) < 4.78 is 13.1. The number of likely N-dealkylation sites (tertiary alicyclic amines) is 1. The molecule has 124 valence electrons. The first kappa shape index (κ1) is 15.9. The van der Waals surface area contributed by atoms with Crippen molar-refractivity contribution in [2.45, 2.75) is 25.4 Å². The molecule has 1 aliphatic rings. The van der Waals surface area contributed by atoms with Crippen molar-refractivity contribution in [3.63, 3.8) is 0 Å². The standard InChI is InChI=1S/C16H21FN4O2/c17-11-3-4-13-14(8-11)20-15(19-13)5-6-18-16(23)10-21-7-1-2-12(22)9-21/h3-4,8,12,22H,1-2,5-7,9-10H2,(H,18,23)(H,19,20).